The number of carbonyl (C=O) groups excluding carboxylic acids is 4. The van der Waals surface area contributed by atoms with Gasteiger partial charge in [0.25, 0.3) is 11.8 Å². The fraction of sp³-hybridized carbons (Fsp3) is 0.273. The highest BCUT2D eigenvalue weighted by molar-refractivity contribution is 6.07. The Balaban J connectivity index is 0.00000272. The van der Waals surface area contributed by atoms with Gasteiger partial charge in [0.15, 0.2) is 0 Å². The number of carbonyl (C=O) groups is 4. The first-order chi connectivity index (χ1) is 14.5. The van der Waals surface area contributed by atoms with Gasteiger partial charge < -0.3 is 16.0 Å². The molecule has 2 aliphatic rings. The van der Waals surface area contributed by atoms with E-state index in [2.05, 4.69) is 10.6 Å². The predicted molar refractivity (Wildman–Crippen MR) is 115 cm³/mol. The highest BCUT2D eigenvalue weighted by Gasteiger charge is 2.40. The standard InChI is InChI=1S/C22H22N4O4.ClH/c23-10-13-4-1-2-5-14(13)11-24-20(28)15-6-3-7-16-17(15)12-26(22(16)30)18-8-9-19(27)25-21(18)29;/h1-7,18H,8-12,23H2,(H,24,28)(H,25,27,29);1H. The summed E-state index contributed by atoms with van der Waals surface area (Å²) in [7, 11) is 0. The van der Waals surface area contributed by atoms with Crippen molar-refractivity contribution in [2.24, 2.45) is 5.73 Å². The molecule has 0 bridgehead atoms. The summed E-state index contributed by atoms with van der Waals surface area (Å²) in [5.41, 5.74) is 9.05. The lowest BCUT2D eigenvalue weighted by molar-refractivity contribution is -0.136. The Bertz CT molecular complexity index is 1060. The third kappa shape index (κ3) is 4.30. The highest BCUT2D eigenvalue weighted by Crippen LogP contribution is 2.29. The lowest BCUT2D eigenvalue weighted by Crippen LogP contribution is -2.52. The van der Waals surface area contributed by atoms with E-state index in [0.29, 0.717) is 29.8 Å². The van der Waals surface area contributed by atoms with Crippen LogP contribution in [-0.2, 0) is 29.2 Å². The van der Waals surface area contributed by atoms with Crippen molar-refractivity contribution >= 4 is 36.0 Å². The molecule has 0 saturated carbocycles. The lowest BCUT2D eigenvalue weighted by Gasteiger charge is -2.29. The van der Waals surface area contributed by atoms with Crippen LogP contribution in [0.25, 0.3) is 0 Å². The second-order valence-electron chi connectivity index (χ2n) is 7.39. The largest absolute Gasteiger partial charge is 0.348 e. The number of nitrogens with two attached hydrogens (primary N) is 1. The Labute approximate surface area is 185 Å². The molecular formula is C22H23ClN4O4. The Kier molecular flexibility index (Phi) is 6.72. The average Bonchev–Trinajstić information content (AvgIpc) is 3.08. The van der Waals surface area contributed by atoms with E-state index in [1.807, 2.05) is 24.3 Å². The molecule has 0 spiro atoms. The molecule has 1 unspecified atom stereocenters. The second kappa shape index (κ2) is 9.28. The van der Waals surface area contributed by atoms with Gasteiger partial charge in [-0.3, -0.25) is 24.5 Å². The zero-order chi connectivity index (χ0) is 21.3. The summed E-state index contributed by atoms with van der Waals surface area (Å²) in [4.78, 5) is 50.8. The fourth-order valence-corrected chi connectivity index (χ4v) is 4.00. The minimum atomic E-state index is -0.713. The van der Waals surface area contributed by atoms with Crippen LogP contribution >= 0.6 is 12.4 Å². The Morgan fingerprint density at radius 3 is 2.55 bits per heavy atom. The molecule has 8 nitrogen and oxygen atoms in total. The maximum Gasteiger partial charge on any atom is 0.255 e. The van der Waals surface area contributed by atoms with Gasteiger partial charge in [0.2, 0.25) is 11.8 Å². The van der Waals surface area contributed by atoms with Crippen molar-refractivity contribution in [3.05, 3.63) is 70.3 Å². The molecule has 162 valence electrons. The molecular weight excluding hydrogens is 420 g/mol. The predicted octanol–water partition coefficient (Wildman–Crippen LogP) is 1.26. The summed E-state index contributed by atoms with van der Waals surface area (Å²) in [6.07, 6.45) is 0.465. The number of nitrogens with one attached hydrogen (secondary N) is 2. The van der Waals surface area contributed by atoms with E-state index in [1.165, 1.54) is 4.90 Å². The van der Waals surface area contributed by atoms with Crippen LogP contribution in [0.2, 0.25) is 0 Å². The molecule has 4 N–H and O–H groups in total. The zero-order valence-electron chi connectivity index (χ0n) is 16.7. The summed E-state index contributed by atoms with van der Waals surface area (Å²) in [5.74, 6) is -1.41. The highest BCUT2D eigenvalue weighted by atomic mass is 35.5. The van der Waals surface area contributed by atoms with Gasteiger partial charge in [-0.25, -0.2) is 0 Å². The Morgan fingerprint density at radius 2 is 1.84 bits per heavy atom. The molecule has 0 aliphatic carbocycles. The summed E-state index contributed by atoms with van der Waals surface area (Å²) in [6, 6.07) is 11.9. The Morgan fingerprint density at radius 1 is 1.10 bits per heavy atom. The molecule has 4 amide bonds. The molecule has 1 atom stereocenters. The molecule has 1 saturated heterocycles. The van der Waals surface area contributed by atoms with E-state index in [9.17, 15) is 19.2 Å². The summed E-state index contributed by atoms with van der Waals surface area (Å²) in [5, 5.41) is 5.17. The molecule has 31 heavy (non-hydrogen) atoms. The molecule has 1 fully saturated rings. The number of hydrogen-bond donors (Lipinski definition) is 3. The number of fused-ring (bicyclic) bond motifs is 1. The van der Waals surface area contributed by atoms with Gasteiger partial charge in [0.1, 0.15) is 6.04 Å². The topological polar surface area (TPSA) is 122 Å². The number of imide groups is 1. The number of rotatable bonds is 5. The van der Waals surface area contributed by atoms with Crippen molar-refractivity contribution in [3.63, 3.8) is 0 Å². The third-order valence-electron chi connectivity index (χ3n) is 5.60. The summed E-state index contributed by atoms with van der Waals surface area (Å²) in [6.45, 7) is 0.853. The van der Waals surface area contributed by atoms with Crippen molar-refractivity contribution in [1.29, 1.82) is 0 Å². The molecule has 2 heterocycles. The smallest absolute Gasteiger partial charge is 0.255 e. The van der Waals surface area contributed by atoms with Crippen molar-refractivity contribution in [1.82, 2.24) is 15.5 Å². The van der Waals surface area contributed by atoms with Gasteiger partial charge in [0.05, 0.1) is 0 Å². The van der Waals surface area contributed by atoms with Crippen LogP contribution in [0.3, 0.4) is 0 Å². The van der Waals surface area contributed by atoms with Crippen LogP contribution < -0.4 is 16.4 Å². The molecule has 4 rings (SSSR count). The van der Waals surface area contributed by atoms with Crippen LogP contribution in [-0.4, -0.2) is 34.6 Å². The monoisotopic (exact) mass is 442 g/mol. The molecule has 0 radical (unpaired) electrons. The van der Waals surface area contributed by atoms with Gasteiger partial charge in [-0.05, 0) is 35.2 Å². The molecule has 9 heteroatoms. The van der Waals surface area contributed by atoms with Crippen molar-refractivity contribution in [2.45, 2.75) is 38.5 Å². The number of hydrogen-bond acceptors (Lipinski definition) is 5. The van der Waals surface area contributed by atoms with Crippen LogP contribution in [0.5, 0.6) is 0 Å². The summed E-state index contributed by atoms with van der Waals surface area (Å²) < 4.78 is 0. The average molecular weight is 443 g/mol. The van der Waals surface area contributed by atoms with Crippen molar-refractivity contribution in [2.75, 3.05) is 0 Å². The van der Waals surface area contributed by atoms with E-state index in [0.717, 1.165) is 11.1 Å². The number of halogens is 1. The van der Waals surface area contributed by atoms with Crippen LogP contribution in [0, 0.1) is 0 Å². The quantitative estimate of drug-likeness (QED) is 0.602. The third-order valence-corrected chi connectivity index (χ3v) is 5.60. The fourth-order valence-electron chi connectivity index (χ4n) is 4.00. The molecule has 2 aliphatic heterocycles. The van der Waals surface area contributed by atoms with Gasteiger partial charge in [0, 0.05) is 37.2 Å². The van der Waals surface area contributed by atoms with Crippen molar-refractivity contribution in [3.8, 4) is 0 Å². The first-order valence-corrected chi connectivity index (χ1v) is 9.81. The maximum atomic E-state index is 12.9. The van der Waals surface area contributed by atoms with Crippen LogP contribution in [0.4, 0.5) is 0 Å². The number of piperidine rings is 1. The molecule has 2 aromatic rings. The van der Waals surface area contributed by atoms with E-state index in [4.69, 9.17) is 5.73 Å². The van der Waals surface area contributed by atoms with Crippen LogP contribution in [0.1, 0.15) is 50.2 Å². The van der Waals surface area contributed by atoms with E-state index < -0.39 is 11.9 Å². The normalized spacial score (nSPS) is 17.6. The molecule has 2 aromatic carbocycles. The van der Waals surface area contributed by atoms with Crippen LogP contribution in [0.15, 0.2) is 42.5 Å². The summed E-state index contributed by atoms with van der Waals surface area (Å²) >= 11 is 0. The zero-order valence-corrected chi connectivity index (χ0v) is 17.5. The maximum absolute atomic E-state index is 12.9. The van der Waals surface area contributed by atoms with Gasteiger partial charge >= 0.3 is 0 Å². The number of nitrogens with zero attached hydrogens (tertiary/aromatic N) is 1. The first kappa shape index (κ1) is 22.5. The first-order valence-electron chi connectivity index (χ1n) is 9.81. The lowest BCUT2D eigenvalue weighted by atomic mass is 10.0. The number of amides is 4. The SMILES string of the molecule is Cl.NCc1ccccc1CNC(=O)c1cccc2c1CN(C1CCC(=O)NC1=O)C2=O. The minimum absolute atomic E-state index is 0. The van der Waals surface area contributed by atoms with Gasteiger partial charge in [-0.2, -0.15) is 0 Å². The molecule has 0 aromatic heterocycles. The van der Waals surface area contributed by atoms with E-state index in [1.54, 1.807) is 18.2 Å². The van der Waals surface area contributed by atoms with E-state index in [-0.39, 0.29) is 49.5 Å². The van der Waals surface area contributed by atoms with Gasteiger partial charge in [-0.1, -0.05) is 30.3 Å². The van der Waals surface area contributed by atoms with Crippen molar-refractivity contribution < 1.29 is 19.2 Å². The second-order valence-corrected chi connectivity index (χ2v) is 7.39. The van der Waals surface area contributed by atoms with E-state index >= 15 is 0 Å². The minimum Gasteiger partial charge on any atom is -0.348 e. The Hall–Kier alpha value is -3.23. The van der Waals surface area contributed by atoms with Gasteiger partial charge in [-0.15, -0.1) is 12.4 Å². The number of benzene rings is 2.